The summed E-state index contributed by atoms with van der Waals surface area (Å²) in [6, 6.07) is 0. The predicted molar refractivity (Wildman–Crippen MR) is 58.5 cm³/mol. The van der Waals surface area contributed by atoms with Crippen molar-refractivity contribution in [3.8, 4) is 0 Å². The maximum Gasteiger partial charge on any atom is 0.223 e. The van der Waals surface area contributed by atoms with Gasteiger partial charge in [0.05, 0.1) is 12.7 Å². The molecule has 0 radical (unpaired) electrons. The molecule has 1 heterocycles. The summed E-state index contributed by atoms with van der Waals surface area (Å²) < 4.78 is 5.42. The van der Waals surface area contributed by atoms with E-state index in [-0.39, 0.29) is 6.10 Å². The summed E-state index contributed by atoms with van der Waals surface area (Å²) in [5, 5.41) is 0. The fourth-order valence-corrected chi connectivity index (χ4v) is 2.26. The van der Waals surface area contributed by atoms with Crippen LogP contribution >= 0.6 is 0 Å². The third-order valence-electron chi connectivity index (χ3n) is 3.14. The SMILES string of the molecule is CC1CN(C(=O)CC2C=CCC2)CCO1. The van der Waals surface area contributed by atoms with E-state index in [2.05, 4.69) is 12.2 Å². The summed E-state index contributed by atoms with van der Waals surface area (Å²) in [6.45, 7) is 4.23. The Balaban J connectivity index is 1.81. The minimum Gasteiger partial charge on any atom is -0.375 e. The van der Waals surface area contributed by atoms with E-state index >= 15 is 0 Å². The third kappa shape index (κ3) is 2.81. The lowest BCUT2D eigenvalue weighted by atomic mass is 10.0. The molecule has 1 saturated heterocycles. The molecule has 0 saturated carbocycles. The smallest absolute Gasteiger partial charge is 0.223 e. The van der Waals surface area contributed by atoms with Crippen LogP contribution < -0.4 is 0 Å². The normalized spacial score (nSPS) is 30.9. The maximum absolute atomic E-state index is 11.9. The molecule has 1 aliphatic heterocycles. The van der Waals surface area contributed by atoms with Crippen molar-refractivity contribution in [2.75, 3.05) is 19.7 Å². The van der Waals surface area contributed by atoms with E-state index in [1.54, 1.807) is 0 Å². The minimum atomic E-state index is 0.196. The molecule has 0 bridgehead atoms. The number of nitrogens with zero attached hydrogens (tertiary/aromatic N) is 1. The van der Waals surface area contributed by atoms with Crippen molar-refractivity contribution in [1.29, 1.82) is 0 Å². The van der Waals surface area contributed by atoms with Crippen LogP contribution in [0.25, 0.3) is 0 Å². The highest BCUT2D eigenvalue weighted by molar-refractivity contribution is 5.76. The second-order valence-corrected chi connectivity index (χ2v) is 4.49. The number of hydrogen-bond acceptors (Lipinski definition) is 2. The van der Waals surface area contributed by atoms with E-state index in [1.165, 1.54) is 0 Å². The number of ether oxygens (including phenoxy) is 1. The maximum atomic E-state index is 11.9. The molecule has 0 aromatic rings. The number of morpholine rings is 1. The van der Waals surface area contributed by atoms with Crippen LogP contribution in [0.3, 0.4) is 0 Å². The summed E-state index contributed by atoms with van der Waals surface area (Å²) in [6.07, 6.45) is 7.52. The van der Waals surface area contributed by atoms with Crippen molar-refractivity contribution < 1.29 is 9.53 Å². The van der Waals surface area contributed by atoms with Crippen LogP contribution in [0.5, 0.6) is 0 Å². The first-order valence-corrected chi connectivity index (χ1v) is 5.82. The lowest BCUT2D eigenvalue weighted by molar-refractivity contribution is -0.138. The zero-order valence-electron chi connectivity index (χ0n) is 9.32. The Morgan fingerprint density at radius 1 is 1.60 bits per heavy atom. The van der Waals surface area contributed by atoms with Crippen LogP contribution in [0.2, 0.25) is 0 Å². The van der Waals surface area contributed by atoms with Crippen molar-refractivity contribution >= 4 is 5.91 Å². The molecule has 3 nitrogen and oxygen atoms in total. The molecular weight excluding hydrogens is 190 g/mol. The number of carbonyl (C=O) groups is 1. The van der Waals surface area contributed by atoms with Gasteiger partial charge in [-0.05, 0) is 25.7 Å². The molecule has 1 fully saturated rings. The average Bonchev–Trinajstić information content (AvgIpc) is 2.70. The molecule has 2 atom stereocenters. The van der Waals surface area contributed by atoms with Crippen LogP contribution in [0.1, 0.15) is 26.2 Å². The predicted octanol–water partition coefficient (Wildman–Crippen LogP) is 1.59. The van der Waals surface area contributed by atoms with E-state index < -0.39 is 0 Å². The van der Waals surface area contributed by atoms with Gasteiger partial charge in [0.2, 0.25) is 5.91 Å². The molecule has 3 heteroatoms. The minimum absolute atomic E-state index is 0.196. The van der Waals surface area contributed by atoms with Crippen LogP contribution in [0.4, 0.5) is 0 Å². The fraction of sp³-hybridized carbons (Fsp3) is 0.750. The third-order valence-corrected chi connectivity index (χ3v) is 3.14. The Morgan fingerprint density at radius 3 is 3.13 bits per heavy atom. The van der Waals surface area contributed by atoms with Crippen LogP contribution in [-0.2, 0) is 9.53 Å². The Morgan fingerprint density at radius 2 is 2.47 bits per heavy atom. The van der Waals surface area contributed by atoms with Crippen molar-refractivity contribution in [1.82, 2.24) is 4.90 Å². The van der Waals surface area contributed by atoms with E-state index in [4.69, 9.17) is 4.74 Å². The van der Waals surface area contributed by atoms with E-state index in [9.17, 15) is 4.79 Å². The number of hydrogen-bond donors (Lipinski definition) is 0. The molecule has 84 valence electrons. The summed E-state index contributed by atoms with van der Waals surface area (Å²) in [7, 11) is 0. The molecule has 15 heavy (non-hydrogen) atoms. The van der Waals surface area contributed by atoms with Gasteiger partial charge in [0.1, 0.15) is 0 Å². The van der Waals surface area contributed by atoms with E-state index in [0.29, 0.717) is 24.9 Å². The second kappa shape index (κ2) is 4.79. The van der Waals surface area contributed by atoms with Gasteiger partial charge in [0, 0.05) is 19.5 Å². The molecule has 0 aromatic carbocycles. The van der Waals surface area contributed by atoms with Crippen molar-refractivity contribution in [2.45, 2.75) is 32.3 Å². The van der Waals surface area contributed by atoms with Gasteiger partial charge in [-0.1, -0.05) is 12.2 Å². The Hall–Kier alpha value is -0.830. The van der Waals surface area contributed by atoms with Crippen LogP contribution in [-0.4, -0.2) is 36.6 Å². The van der Waals surface area contributed by atoms with E-state index in [0.717, 1.165) is 25.9 Å². The molecule has 1 amide bonds. The first-order chi connectivity index (χ1) is 7.25. The molecule has 2 aliphatic rings. The Labute approximate surface area is 91.1 Å². The monoisotopic (exact) mass is 209 g/mol. The zero-order chi connectivity index (χ0) is 10.7. The molecule has 2 unspecified atom stereocenters. The summed E-state index contributed by atoms with van der Waals surface area (Å²) >= 11 is 0. The highest BCUT2D eigenvalue weighted by Gasteiger charge is 2.23. The average molecular weight is 209 g/mol. The number of rotatable bonds is 2. The van der Waals surface area contributed by atoms with Gasteiger partial charge >= 0.3 is 0 Å². The molecule has 0 aromatic heterocycles. The number of amides is 1. The highest BCUT2D eigenvalue weighted by Crippen LogP contribution is 2.21. The van der Waals surface area contributed by atoms with Gasteiger partial charge in [0.15, 0.2) is 0 Å². The zero-order valence-corrected chi connectivity index (χ0v) is 9.32. The first kappa shape index (κ1) is 10.7. The summed E-state index contributed by atoms with van der Waals surface area (Å²) in [5.41, 5.74) is 0. The van der Waals surface area contributed by atoms with Crippen molar-refractivity contribution in [3.63, 3.8) is 0 Å². The highest BCUT2D eigenvalue weighted by atomic mass is 16.5. The number of carbonyl (C=O) groups excluding carboxylic acids is 1. The quantitative estimate of drug-likeness (QED) is 0.646. The van der Waals surface area contributed by atoms with Crippen molar-refractivity contribution in [2.24, 2.45) is 5.92 Å². The largest absolute Gasteiger partial charge is 0.375 e. The molecular formula is C12H19NO2. The lowest BCUT2D eigenvalue weighted by Gasteiger charge is -2.31. The number of allylic oxidation sites excluding steroid dienone is 2. The second-order valence-electron chi connectivity index (χ2n) is 4.49. The molecule has 1 aliphatic carbocycles. The van der Waals surface area contributed by atoms with Gasteiger partial charge in [0.25, 0.3) is 0 Å². The molecule has 0 spiro atoms. The first-order valence-electron chi connectivity index (χ1n) is 5.82. The van der Waals surface area contributed by atoms with Gasteiger partial charge in [-0.2, -0.15) is 0 Å². The topological polar surface area (TPSA) is 29.5 Å². The lowest BCUT2D eigenvalue weighted by Crippen LogP contribution is -2.44. The van der Waals surface area contributed by atoms with Gasteiger partial charge < -0.3 is 9.64 Å². The summed E-state index contributed by atoms with van der Waals surface area (Å²) in [4.78, 5) is 13.9. The standard InChI is InChI=1S/C12H19NO2/c1-10-9-13(6-7-15-10)12(14)8-11-4-2-3-5-11/h2,4,10-11H,3,5-9H2,1H3. The molecule has 2 rings (SSSR count). The Kier molecular flexibility index (Phi) is 3.41. The van der Waals surface area contributed by atoms with Gasteiger partial charge in [-0.15, -0.1) is 0 Å². The molecule has 0 N–H and O–H groups in total. The van der Waals surface area contributed by atoms with Gasteiger partial charge in [-0.25, -0.2) is 0 Å². The Bertz CT molecular complexity index is 262. The van der Waals surface area contributed by atoms with Crippen molar-refractivity contribution in [3.05, 3.63) is 12.2 Å². The van der Waals surface area contributed by atoms with Crippen LogP contribution in [0, 0.1) is 5.92 Å². The van der Waals surface area contributed by atoms with E-state index in [1.807, 2.05) is 11.8 Å². The summed E-state index contributed by atoms with van der Waals surface area (Å²) in [5.74, 6) is 0.775. The van der Waals surface area contributed by atoms with Crippen LogP contribution in [0.15, 0.2) is 12.2 Å². The fourth-order valence-electron chi connectivity index (χ4n) is 2.26. The van der Waals surface area contributed by atoms with Gasteiger partial charge in [-0.3, -0.25) is 4.79 Å².